The van der Waals surface area contributed by atoms with Crippen LogP contribution in [0.4, 0.5) is 5.69 Å². The molecule has 2 aromatic carbocycles. The van der Waals surface area contributed by atoms with Crippen molar-refractivity contribution in [3.63, 3.8) is 0 Å². The minimum atomic E-state index is -0.0992. The zero-order valence-electron chi connectivity index (χ0n) is 19.6. The molecule has 1 fully saturated rings. The van der Waals surface area contributed by atoms with Crippen LogP contribution in [0.15, 0.2) is 24.3 Å². The summed E-state index contributed by atoms with van der Waals surface area (Å²) in [6.07, 6.45) is 0.594. The van der Waals surface area contributed by atoms with E-state index < -0.39 is 0 Å². The molecule has 1 aliphatic rings. The average molecular weight is 487 g/mol. The lowest BCUT2D eigenvalue weighted by atomic mass is 10.0. The van der Waals surface area contributed by atoms with E-state index in [9.17, 15) is 10.2 Å². The third-order valence-electron chi connectivity index (χ3n) is 5.75. The lowest BCUT2D eigenvalue weighted by Crippen LogP contribution is -2.36. The summed E-state index contributed by atoms with van der Waals surface area (Å²) in [6.45, 7) is 9.45. The van der Waals surface area contributed by atoms with Crippen LogP contribution in [0.5, 0.6) is 23.0 Å². The number of phenolic OH excluding ortho intramolecular Hbond substituents is 2. The number of nitrogens with one attached hydrogen (secondary N) is 1. The summed E-state index contributed by atoms with van der Waals surface area (Å²) in [4.78, 5) is 2.21. The van der Waals surface area contributed by atoms with Crippen molar-refractivity contribution in [2.45, 2.75) is 27.2 Å². The van der Waals surface area contributed by atoms with Crippen molar-refractivity contribution in [2.75, 3.05) is 44.4 Å². The number of benzene rings is 2. The van der Waals surface area contributed by atoms with Crippen LogP contribution in [-0.2, 0) is 11.2 Å². The van der Waals surface area contributed by atoms with E-state index in [1.165, 1.54) is 0 Å². The van der Waals surface area contributed by atoms with Crippen molar-refractivity contribution < 1.29 is 24.4 Å². The van der Waals surface area contributed by atoms with Crippen LogP contribution in [0.25, 0.3) is 17.1 Å². The number of ether oxygens (including phenoxy) is 3. The fourth-order valence-corrected chi connectivity index (χ4v) is 4.35. The normalized spacial score (nSPS) is 13.8. The highest BCUT2D eigenvalue weighted by Gasteiger charge is 2.25. The van der Waals surface area contributed by atoms with Gasteiger partial charge in [-0.3, -0.25) is 9.67 Å². The summed E-state index contributed by atoms with van der Waals surface area (Å²) in [5, 5.41) is 28.7. The summed E-state index contributed by atoms with van der Waals surface area (Å²) in [7, 11) is 0. The molecule has 4 rings (SSSR count). The predicted octanol–water partition coefficient (Wildman–Crippen LogP) is 4.20. The Morgan fingerprint density at radius 2 is 1.68 bits per heavy atom. The van der Waals surface area contributed by atoms with E-state index in [1.807, 2.05) is 32.9 Å². The van der Waals surface area contributed by atoms with Crippen LogP contribution in [0, 0.1) is 4.77 Å². The smallest absolute Gasteiger partial charge is 0.200 e. The average Bonchev–Trinajstić information content (AvgIpc) is 3.21. The van der Waals surface area contributed by atoms with Gasteiger partial charge in [0.25, 0.3) is 0 Å². The van der Waals surface area contributed by atoms with E-state index in [0.717, 1.165) is 18.8 Å². The first kappa shape index (κ1) is 23.9. The largest absolute Gasteiger partial charge is 0.507 e. The van der Waals surface area contributed by atoms with Gasteiger partial charge in [-0.05, 0) is 44.1 Å². The van der Waals surface area contributed by atoms with Crippen LogP contribution in [0.1, 0.15) is 26.3 Å². The molecule has 2 heterocycles. The highest BCUT2D eigenvalue weighted by molar-refractivity contribution is 7.71. The summed E-state index contributed by atoms with van der Waals surface area (Å²) < 4.78 is 19.5. The maximum atomic E-state index is 10.9. The molecule has 0 atom stereocenters. The van der Waals surface area contributed by atoms with Gasteiger partial charge in [-0.25, -0.2) is 0 Å². The number of phenols is 2. The minimum absolute atomic E-state index is 0.0364. The Bertz CT molecular complexity index is 1220. The predicted molar refractivity (Wildman–Crippen MR) is 132 cm³/mol. The second kappa shape index (κ2) is 10.4. The Hall–Kier alpha value is -3.24. The Morgan fingerprint density at radius 3 is 2.32 bits per heavy atom. The zero-order chi connectivity index (χ0) is 24.2. The van der Waals surface area contributed by atoms with E-state index in [1.54, 1.807) is 16.7 Å². The number of aryl methyl sites for hydroxylation is 1. The van der Waals surface area contributed by atoms with Crippen molar-refractivity contribution in [3.8, 4) is 40.1 Å². The van der Waals surface area contributed by atoms with Crippen molar-refractivity contribution >= 4 is 17.9 Å². The Labute approximate surface area is 203 Å². The molecule has 1 saturated heterocycles. The number of aromatic nitrogens is 3. The lowest BCUT2D eigenvalue weighted by Gasteiger charge is -2.31. The molecule has 34 heavy (non-hydrogen) atoms. The van der Waals surface area contributed by atoms with Gasteiger partial charge in [0.05, 0.1) is 37.8 Å². The molecule has 0 aliphatic carbocycles. The molecule has 0 radical (unpaired) electrons. The maximum Gasteiger partial charge on any atom is 0.200 e. The summed E-state index contributed by atoms with van der Waals surface area (Å²) >= 11 is 5.57. The first-order valence-electron chi connectivity index (χ1n) is 11.5. The van der Waals surface area contributed by atoms with Gasteiger partial charge in [0, 0.05) is 25.2 Å². The van der Waals surface area contributed by atoms with Gasteiger partial charge in [-0.15, -0.1) is 0 Å². The molecule has 3 aromatic rings. The second-order valence-electron chi connectivity index (χ2n) is 7.76. The first-order valence-corrected chi connectivity index (χ1v) is 11.9. The molecule has 182 valence electrons. The van der Waals surface area contributed by atoms with Crippen LogP contribution in [0.3, 0.4) is 0 Å². The molecule has 0 saturated carbocycles. The van der Waals surface area contributed by atoms with E-state index in [4.69, 9.17) is 26.4 Å². The first-order chi connectivity index (χ1) is 16.5. The van der Waals surface area contributed by atoms with Crippen LogP contribution in [0.2, 0.25) is 0 Å². The lowest BCUT2D eigenvalue weighted by molar-refractivity contribution is 0.122. The Kier molecular flexibility index (Phi) is 7.28. The third-order valence-corrected chi connectivity index (χ3v) is 6.02. The van der Waals surface area contributed by atoms with Gasteiger partial charge >= 0.3 is 0 Å². The van der Waals surface area contributed by atoms with E-state index in [0.29, 0.717) is 60.4 Å². The highest BCUT2D eigenvalue weighted by atomic mass is 32.1. The molecule has 0 unspecified atom stereocenters. The van der Waals surface area contributed by atoms with Gasteiger partial charge in [-0.2, -0.15) is 5.10 Å². The number of aromatic amines is 1. The quantitative estimate of drug-likeness (QED) is 0.407. The van der Waals surface area contributed by atoms with E-state index in [2.05, 4.69) is 15.1 Å². The number of aromatic hydroxyl groups is 2. The third kappa shape index (κ3) is 4.43. The fraction of sp³-hybridized carbons (Fsp3) is 0.417. The molecule has 3 N–H and O–H groups in total. The molecule has 1 aliphatic heterocycles. The molecule has 0 amide bonds. The molecular formula is C24H30N4O5S. The number of morpholine rings is 1. The number of anilines is 1. The molecular weight excluding hydrogens is 456 g/mol. The Morgan fingerprint density at radius 1 is 1.03 bits per heavy atom. The van der Waals surface area contributed by atoms with Crippen LogP contribution in [-0.4, -0.2) is 64.5 Å². The van der Waals surface area contributed by atoms with E-state index in [-0.39, 0.29) is 22.9 Å². The van der Waals surface area contributed by atoms with Gasteiger partial charge in [0.1, 0.15) is 28.6 Å². The SMILES string of the molecule is CCOc1cc(-n2c(-c3c(O)ccc(CC)c3O)n[nH]c2=S)c(OCC)cc1N1CCOCC1. The molecule has 0 spiro atoms. The summed E-state index contributed by atoms with van der Waals surface area (Å²) in [6, 6.07) is 7.05. The molecule has 10 heteroatoms. The van der Waals surface area contributed by atoms with Gasteiger partial charge in [-0.1, -0.05) is 13.0 Å². The summed E-state index contributed by atoms with van der Waals surface area (Å²) in [5.74, 6) is 1.39. The number of hydrogen-bond donors (Lipinski definition) is 3. The number of H-pyrrole nitrogens is 1. The van der Waals surface area contributed by atoms with Crippen molar-refractivity contribution in [2.24, 2.45) is 0 Å². The molecule has 9 nitrogen and oxygen atoms in total. The molecule has 1 aromatic heterocycles. The minimum Gasteiger partial charge on any atom is -0.507 e. The van der Waals surface area contributed by atoms with Crippen LogP contribution < -0.4 is 14.4 Å². The standard InChI is InChI=1S/C24H30N4O5S/c1-4-15-7-8-18(29)21(22(15)30)23-25-26-24(34)28(23)17-14-19(32-5-2)16(13-20(17)33-6-3)27-9-11-31-12-10-27/h7-8,13-14,29-30H,4-6,9-12H2,1-3H3,(H,26,34). The summed E-state index contributed by atoms with van der Waals surface area (Å²) in [5.41, 5.74) is 2.39. The highest BCUT2D eigenvalue weighted by Crippen LogP contribution is 2.43. The fourth-order valence-electron chi connectivity index (χ4n) is 4.12. The van der Waals surface area contributed by atoms with Gasteiger partial charge < -0.3 is 29.3 Å². The Balaban J connectivity index is 1.95. The van der Waals surface area contributed by atoms with Crippen LogP contribution >= 0.6 is 12.2 Å². The monoisotopic (exact) mass is 486 g/mol. The van der Waals surface area contributed by atoms with Crippen molar-refractivity contribution in [1.82, 2.24) is 14.8 Å². The van der Waals surface area contributed by atoms with Gasteiger partial charge in [0.2, 0.25) is 0 Å². The number of nitrogens with zero attached hydrogens (tertiary/aromatic N) is 3. The van der Waals surface area contributed by atoms with E-state index >= 15 is 0 Å². The zero-order valence-corrected chi connectivity index (χ0v) is 20.4. The number of hydrogen-bond acceptors (Lipinski definition) is 8. The second-order valence-corrected chi connectivity index (χ2v) is 8.15. The number of rotatable bonds is 8. The van der Waals surface area contributed by atoms with Crippen molar-refractivity contribution in [1.29, 1.82) is 0 Å². The maximum absolute atomic E-state index is 10.9. The topological polar surface area (TPSA) is 105 Å². The molecule has 0 bridgehead atoms. The van der Waals surface area contributed by atoms with Gasteiger partial charge in [0.15, 0.2) is 10.6 Å². The van der Waals surface area contributed by atoms with Crippen molar-refractivity contribution in [3.05, 3.63) is 34.6 Å².